The molecule has 0 saturated carbocycles. The fraction of sp³-hybridized carbons (Fsp3) is 0.0714. The van der Waals surface area contributed by atoms with Gasteiger partial charge in [0.15, 0.2) is 5.82 Å². The average molecular weight is 334 g/mol. The van der Waals surface area contributed by atoms with E-state index in [2.05, 4.69) is 15.2 Å². The number of fused-ring (bicyclic) bond motifs is 1. The van der Waals surface area contributed by atoms with E-state index in [9.17, 15) is 14.5 Å². The second-order valence-electron chi connectivity index (χ2n) is 4.69. The van der Waals surface area contributed by atoms with Crippen LogP contribution in [-0.2, 0) is 0 Å². The monoisotopic (exact) mass is 333 g/mol. The van der Waals surface area contributed by atoms with Gasteiger partial charge < -0.3 is 0 Å². The Bertz CT molecular complexity index is 954. The van der Waals surface area contributed by atoms with E-state index >= 15 is 0 Å². The molecule has 0 fully saturated rings. The summed E-state index contributed by atoms with van der Waals surface area (Å²) < 4.78 is 14.8. The number of nitrogens with zero attached hydrogens (tertiary/aromatic N) is 5. The lowest BCUT2D eigenvalue weighted by Gasteiger charge is -1.98. The highest BCUT2D eigenvalue weighted by Gasteiger charge is 2.13. The molecule has 0 N–H and O–H groups in total. The first kappa shape index (κ1) is 15.0. The van der Waals surface area contributed by atoms with Crippen LogP contribution >= 0.6 is 11.6 Å². The number of aryl methyl sites for hydroxylation is 1. The maximum Gasteiger partial charge on any atom is 0.290 e. The van der Waals surface area contributed by atoms with Crippen molar-refractivity contribution in [3.8, 4) is 0 Å². The van der Waals surface area contributed by atoms with Gasteiger partial charge in [-0.05, 0) is 31.2 Å². The van der Waals surface area contributed by atoms with Crippen LogP contribution in [0, 0.1) is 22.9 Å². The summed E-state index contributed by atoms with van der Waals surface area (Å²) in [5.74, 6) is -0.0921. The summed E-state index contributed by atoms with van der Waals surface area (Å²) in [6, 6.07) is 6.90. The van der Waals surface area contributed by atoms with E-state index in [1.54, 1.807) is 6.92 Å². The fourth-order valence-corrected chi connectivity index (χ4v) is 2.24. The van der Waals surface area contributed by atoms with Gasteiger partial charge in [-0.15, -0.1) is 10.2 Å². The molecule has 2 aromatic heterocycles. The number of aromatic nitrogens is 2. The van der Waals surface area contributed by atoms with Crippen molar-refractivity contribution in [3.05, 3.63) is 63.2 Å². The van der Waals surface area contributed by atoms with Crippen molar-refractivity contribution in [2.75, 3.05) is 0 Å². The minimum Gasteiger partial charge on any atom is -0.280 e. The summed E-state index contributed by atoms with van der Waals surface area (Å²) in [6.07, 6.45) is 1.24. The maximum atomic E-state index is 13.4. The third-order valence-electron chi connectivity index (χ3n) is 3.11. The number of benzene rings is 1. The lowest BCUT2D eigenvalue weighted by molar-refractivity contribution is -0.384. The molecule has 0 aliphatic heterocycles. The zero-order valence-electron chi connectivity index (χ0n) is 11.8. The highest BCUT2D eigenvalue weighted by molar-refractivity contribution is 6.32. The Balaban J connectivity index is 2.04. The molecule has 0 spiro atoms. The predicted octanol–water partition coefficient (Wildman–Crippen LogP) is 4.76. The second-order valence-corrected chi connectivity index (χ2v) is 5.10. The summed E-state index contributed by atoms with van der Waals surface area (Å²) in [6.45, 7) is 1.71. The summed E-state index contributed by atoms with van der Waals surface area (Å²) in [5, 5.41) is 18.9. The standard InChI is InChI=1S/C14H9ClFN5O2/c1-8-14(20-7-9(16)2-5-13(20)17-8)19-18-10-3-4-11(15)12(6-10)21(22)23/h2-7H,1H3. The predicted molar refractivity (Wildman–Crippen MR) is 82.2 cm³/mol. The van der Waals surface area contributed by atoms with Crippen molar-refractivity contribution in [1.29, 1.82) is 0 Å². The lowest BCUT2D eigenvalue weighted by Crippen LogP contribution is -1.88. The molecule has 1 aromatic carbocycles. The van der Waals surface area contributed by atoms with E-state index in [1.807, 2.05) is 0 Å². The molecule has 116 valence electrons. The van der Waals surface area contributed by atoms with Gasteiger partial charge in [0.05, 0.1) is 16.3 Å². The van der Waals surface area contributed by atoms with Crippen LogP contribution in [0.25, 0.3) is 5.65 Å². The third kappa shape index (κ3) is 2.88. The van der Waals surface area contributed by atoms with E-state index in [0.717, 1.165) is 0 Å². The van der Waals surface area contributed by atoms with Gasteiger partial charge in [-0.3, -0.25) is 14.5 Å². The topological polar surface area (TPSA) is 85.2 Å². The van der Waals surface area contributed by atoms with Gasteiger partial charge >= 0.3 is 0 Å². The highest BCUT2D eigenvalue weighted by Crippen LogP contribution is 2.30. The first-order valence-electron chi connectivity index (χ1n) is 6.45. The smallest absolute Gasteiger partial charge is 0.280 e. The van der Waals surface area contributed by atoms with Crippen LogP contribution in [0.3, 0.4) is 0 Å². The Hall–Kier alpha value is -2.87. The molecule has 0 saturated heterocycles. The number of nitro benzene ring substituents is 1. The number of imidazole rings is 1. The number of hydrogen-bond donors (Lipinski definition) is 0. The van der Waals surface area contributed by atoms with Crippen molar-refractivity contribution >= 4 is 34.4 Å². The first-order valence-corrected chi connectivity index (χ1v) is 6.83. The van der Waals surface area contributed by atoms with Gasteiger partial charge in [-0.25, -0.2) is 9.37 Å². The molecule has 7 nitrogen and oxygen atoms in total. The Kier molecular flexibility index (Phi) is 3.75. The SMILES string of the molecule is Cc1nc2ccc(F)cn2c1N=Nc1ccc(Cl)c([N+](=O)[O-])c1. The van der Waals surface area contributed by atoms with Crippen LogP contribution in [-0.4, -0.2) is 14.3 Å². The number of rotatable bonds is 3. The molecule has 0 radical (unpaired) electrons. The maximum absolute atomic E-state index is 13.4. The third-order valence-corrected chi connectivity index (χ3v) is 3.43. The second kappa shape index (κ2) is 5.73. The molecule has 9 heteroatoms. The van der Waals surface area contributed by atoms with Crippen LogP contribution in [0.1, 0.15) is 5.69 Å². The Morgan fingerprint density at radius 2 is 2.09 bits per heavy atom. The normalized spacial score (nSPS) is 11.4. The number of pyridine rings is 1. The average Bonchev–Trinajstić information content (AvgIpc) is 2.81. The molecule has 0 aliphatic rings. The lowest BCUT2D eigenvalue weighted by atomic mass is 10.3. The van der Waals surface area contributed by atoms with Gasteiger partial charge in [0.1, 0.15) is 16.5 Å². The summed E-state index contributed by atoms with van der Waals surface area (Å²) in [7, 11) is 0. The van der Waals surface area contributed by atoms with Gasteiger partial charge in [0.2, 0.25) is 0 Å². The number of hydrogen-bond acceptors (Lipinski definition) is 5. The molecule has 0 unspecified atom stereocenters. The summed E-state index contributed by atoms with van der Waals surface area (Å²) in [5.41, 5.74) is 1.08. The zero-order valence-corrected chi connectivity index (χ0v) is 12.5. The van der Waals surface area contributed by atoms with Crippen molar-refractivity contribution in [2.45, 2.75) is 6.92 Å². The molecule has 0 amide bonds. The molecule has 0 atom stereocenters. The van der Waals surface area contributed by atoms with Gasteiger partial charge in [0.25, 0.3) is 5.69 Å². The molecular weight excluding hydrogens is 325 g/mol. The van der Waals surface area contributed by atoms with Crippen LogP contribution in [0.5, 0.6) is 0 Å². The summed E-state index contributed by atoms with van der Waals surface area (Å²) >= 11 is 5.74. The molecule has 23 heavy (non-hydrogen) atoms. The van der Waals surface area contributed by atoms with Crippen molar-refractivity contribution in [3.63, 3.8) is 0 Å². The van der Waals surface area contributed by atoms with E-state index in [1.165, 1.54) is 40.9 Å². The van der Waals surface area contributed by atoms with Crippen LogP contribution in [0.15, 0.2) is 46.8 Å². The number of azo groups is 1. The molecule has 0 aliphatic carbocycles. The number of nitro groups is 1. The van der Waals surface area contributed by atoms with E-state index < -0.39 is 10.7 Å². The van der Waals surface area contributed by atoms with E-state index in [-0.39, 0.29) is 16.4 Å². The molecule has 3 aromatic rings. The highest BCUT2D eigenvalue weighted by atomic mass is 35.5. The van der Waals surface area contributed by atoms with E-state index in [4.69, 9.17) is 11.6 Å². The minimum absolute atomic E-state index is 0.0157. The molecule has 2 heterocycles. The van der Waals surface area contributed by atoms with Gasteiger partial charge in [-0.1, -0.05) is 11.6 Å². The Morgan fingerprint density at radius 3 is 2.83 bits per heavy atom. The molecular formula is C14H9ClFN5O2. The quantitative estimate of drug-likeness (QED) is 0.393. The Morgan fingerprint density at radius 1 is 1.30 bits per heavy atom. The Labute approximate surface area is 134 Å². The molecule has 0 bridgehead atoms. The fourth-order valence-electron chi connectivity index (χ4n) is 2.05. The molecule has 3 rings (SSSR count). The number of halogens is 2. The van der Waals surface area contributed by atoms with E-state index in [0.29, 0.717) is 17.2 Å². The van der Waals surface area contributed by atoms with Gasteiger partial charge in [-0.2, -0.15) is 0 Å². The minimum atomic E-state index is -0.601. The van der Waals surface area contributed by atoms with Crippen molar-refractivity contribution < 1.29 is 9.31 Å². The largest absolute Gasteiger partial charge is 0.290 e. The first-order chi connectivity index (χ1) is 11.0. The van der Waals surface area contributed by atoms with Crippen molar-refractivity contribution in [1.82, 2.24) is 9.38 Å². The van der Waals surface area contributed by atoms with Crippen LogP contribution in [0.2, 0.25) is 5.02 Å². The van der Waals surface area contributed by atoms with Gasteiger partial charge in [0, 0.05) is 12.3 Å². The van der Waals surface area contributed by atoms with Crippen molar-refractivity contribution in [2.24, 2.45) is 10.2 Å². The van der Waals surface area contributed by atoms with Crippen LogP contribution in [0.4, 0.5) is 21.6 Å². The summed E-state index contributed by atoms with van der Waals surface area (Å²) in [4.78, 5) is 14.5. The zero-order chi connectivity index (χ0) is 16.6. The van der Waals surface area contributed by atoms with Crippen LogP contribution < -0.4 is 0 Å².